The number of hydrogen-bond donors (Lipinski definition) is 1. The maximum absolute atomic E-state index is 12.8. The molecule has 2 aromatic rings. The van der Waals surface area contributed by atoms with Crippen molar-refractivity contribution in [3.05, 3.63) is 54.1 Å². The monoisotopic (exact) mass is 366 g/mol. The number of hydrogen-bond acceptors (Lipinski definition) is 4. The number of para-hydroxylation sites is 3. The smallest absolute Gasteiger partial charge is 0.312 e. The zero-order valence-corrected chi connectivity index (χ0v) is 14.5. The highest BCUT2D eigenvalue weighted by Gasteiger charge is 2.36. The summed E-state index contributed by atoms with van der Waals surface area (Å²) in [6.07, 6.45) is 0.0980. The highest BCUT2D eigenvalue weighted by atomic mass is 16.5. The molecule has 138 valence electrons. The Hall–Kier alpha value is -3.35. The summed E-state index contributed by atoms with van der Waals surface area (Å²) in [6, 6.07) is 14.2. The van der Waals surface area contributed by atoms with Crippen LogP contribution in [-0.2, 0) is 14.4 Å². The number of aliphatic carboxylic acids is 1. The molecule has 1 unspecified atom stereocenters. The Morgan fingerprint density at radius 1 is 1.07 bits per heavy atom. The highest BCUT2D eigenvalue weighted by molar-refractivity contribution is 6.01. The Balaban J connectivity index is 1.51. The van der Waals surface area contributed by atoms with E-state index in [9.17, 15) is 19.5 Å². The number of ether oxygens (including phenoxy) is 1. The standard InChI is InChI=1S/C20H18N2O5/c23-18(22-11-14(20(25)26)13-5-1-2-6-15(13)22)9-10-21-16-7-3-4-8-17(16)27-12-19(21)24/h1-8,14H,9-12H2,(H,25,26). The van der Waals surface area contributed by atoms with Crippen molar-refractivity contribution in [2.75, 3.05) is 29.5 Å². The number of carbonyl (C=O) groups excluding carboxylic acids is 2. The summed E-state index contributed by atoms with van der Waals surface area (Å²) in [4.78, 5) is 39.6. The third kappa shape index (κ3) is 3.01. The third-order valence-corrected chi connectivity index (χ3v) is 4.92. The molecule has 2 aromatic carbocycles. The minimum Gasteiger partial charge on any atom is -0.482 e. The Bertz CT molecular complexity index is 926. The number of carbonyl (C=O) groups is 3. The molecule has 27 heavy (non-hydrogen) atoms. The fourth-order valence-corrected chi connectivity index (χ4v) is 3.60. The largest absolute Gasteiger partial charge is 0.482 e. The molecule has 0 bridgehead atoms. The first-order chi connectivity index (χ1) is 13.1. The second-order valence-electron chi connectivity index (χ2n) is 6.51. The number of benzene rings is 2. The molecule has 0 spiro atoms. The van der Waals surface area contributed by atoms with Crippen LogP contribution in [0.15, 0.2) is 48.5 Å². The third-order valence-electron chi connectivity index (χ3n) is 4.92. The van der Waals surface area contributed by atoms with Crippen LogP contribution in [0.5, 0.6) is 5.75 Å². The topological polar surface area (TPSA) is 87.2 Å². The van der Waals surface area contributed by atoms with Gasteiger partial charge in [0.1, 0.15) is 11.7 Å². The van der Waals surface area contributed by atoms with Crippen LogP contribution in [0, 0.1) is 0 Å². The molecule has 7 heteroatoms. The van der Waals surface area contributed by atoms with Gasteiger partial charge in [-0.15, -0.1) is 0 Å². The normalized spacial score (nSPS) is 17.9. The van der Waals surface area contributed by atoms with Crippen LogP contribution in [0.25, 0.3) is 0 Å². The van der Waals surface area contributed by atoms with Gasteiger partial charge in [0.2, 0.25) is 5.91 Å². The van der Waals surface area contributed by atoms with Gasteiger partial charge in [0.05, 0.1) is 5.69 Å². The SMILES string of the molecule is O=C(O)C1CN(C(=O)CCN2C(=O)COc3ccccc32)c2ccccc21. The summed E-state index contributed by atoms with van der Waals surface area (Å²) in [5.74, 6) is -1.47. The molecule has 2 aliphatic rings. The van der Waals surface area contributed by atoms with Crippen LogP contribution in [0.3, 0.4) is 0 Å². The van der Waals surface area contributed by atoms with Gasteiger partial charge in [-0.2, -0.15) is 0 Å². The average molecular weight is 366 g/mol. The van der Waals surface area contributed by atoms with E-state index >= 15 is 0 Å². The molecule has 0 radical (unpaired) electrons. The Labute approximate surface area is 155 Å². The lowest BCUT2D eigenvalue weighted by atomic mass is 10.0. The van der Waals surface area contributed by atoms with Gasteiger partial charge >= 0.3 is 5.97 Å². The molecule has 2 heterocycles. The van der Waals surface area contributed by atoms with Crippen LogP contribution >= 0.6 is 0 Å². The molecule has 0 fully saturated rings. The predicted molar refractivity (Wildman–Crippen MR) is 98.1 cm³/mol. The first kappa shape index (κ1) is 17.1. The molecular formula is C20H18N2O5. The molecule has 0 saturated heterocycles. The van der Waals surface area contributed by atoms with Crippen molar-refractivity contribution in [3.63, 3.8) is 0 Å². The number of fused-ring (bicyclic) bond motifs is 2. The number of nitrogens with zero attached hydrogens (tertiary/aromatic N) is 2. The van der Waals surface area contributed by atoms with Gasteiger partial charge in [-0.05, 0) is 23.8 Å². The van der Waals surface area contributed by atoms with Crippen molar-refractivity contribution in [2.45, 2.75) is 12.3 Å². The summed E-state index contributed by atoms with van der Waals surface area (Å²) in [6.45, 7) is 0.272. The Morgan fingerprint density at radius 2 is 1.78 bits per heavy atom. The highest BCUT2D eigenvalue weighted by Crippen LogP contribution is 2.37. The summed E-state index contributed by atoms with van der Waals surface area (Å²) in [5.41, 5.74) is 1.92. The van der Waals surface area contributed by atoms with Gasteiger partial charge in [0, 0.05) is 25.2 Å². The second kappa shape index (κ2) is 6.75. The van der Waals surface area contributed by atoms with Crippen LogP contribution in [0.1, 0.15) is 17.9 Å². The summed E-state index contributed by atoms with van der Waals surface area (Å²) in [5, 5.41) is 9.43. The van der Waals surface area contributed by atoms with Gasteiger partial charge in [-0.3, -0.25) is 14.4 Å². The number of amides is 2. The number of anilines is 2. The molecule has 7 nitrogen and oxygen atoms in total. The Morgan fingerprint density at radius 3 is 2.56 bits per heavy atom. The van der Waals surface area contributed by atoms with E-state index in [2.05, 4.69) is 0 Å². The van der Waals surface area contributed by atoms with E-state index in [0.29, 0.717) is 22.7 Å². The van der Waals surface area contributed by atoms with Gasteiger partial charge in [0.15, 0.2) is 6.61 Å². The van der Waals surface area contributed by atoms with Gasteiger partial charge in [0.25, 0.3) is 5.91 Å². The maximum atomic E-state index is 12.8. The van der Waals surface area contributed by atoms with Crippen molar-refractivity contribution in [1.82, 2.24) is 0 Å². The van der Waals surface area contributed by atoms with Gasteiger partial charge in [-0.25, -0.2) is 0 Å². The zero-order chi connectivity index (χ0) is 19.0. The molecule has 2 amide bonds. The molecule has 2 aliphatic heterocycles. The number of carboxylic acid groups (broad SMARTS) is 1. The van der Waals surface area contributed by atoms with E-state index in [-0.39, 0.29) is 37.9 Å². The molecule has 4 rings (SSSR count). The van der Waals surface area contributed by atoms with E-state index in [1.807, 2.05) is 12.1 Å². The lowest BCUT2D eigenvalue weighted by Gasteiger charge is -2.29. The van der Waals surface area contributed by atoms with Crippen LogP contribution in [0.2, 0.25) is 0 Å². The number of rotatable bonds is 4. The van der Waals surface area contributed by atoms with E-state index < -0.39 is 11.9 Å². The first-order valence-electron chi connectivity index (χ1n) is 8.70. The second-order valence-corrected chi connectivity index (χ2v) is 6.51. The zero-order valence-electron chi connectivity index (χ0n) is 14.5. The summed E-state index contributed by atoms with van der Waals surface area (Å²) in [7, 11) is 0. The molecule has 0 aliphatic carbocycles. The van der Waals surface area contributed by atoms with E-state index in [4.69, 9.17) is 4.74 Å². The fraction of sp³-hybridized carbons (Fsp3) is 0.250. The first-order valence-corrected chi connectivity index (χ1v) is 8.70. The van der Waals surface area contributed by atoms with Crippen molar-refractivity contribution < 1.29 is 24.2 Å². The molecule has 0 aromatic heterocycles. The quantitative estimate of drug-likeness (QED) is 0.895. The van der Waals surface area contributed by atoms with Crippen molar-refractivity contribution in [3.8, 4) is 5.75 Å². The average Bonchev–Trinajstić information content (AvgIpc) is 3.07. The lowest BCUT2D eigenvalue weighted by Crippen LogP contribution is -2.41. The maximum Gasteiger partial charge on any atom is 0.312 e. The van der Waals surface area contributed by atoms with Crippen LogP contribution in [-0.4, -0.2) is 42.6 Å². The fourth-order valence-electron chi connectivity index (χ4n) is 3.60. The number of carboxylic acids is 1. The Kier molecular flexibility index (Phi) is 4.27. The van der Waals surface area contributed by atoms with Gasteiger partial charge in [-0.1, -0.05) is 30.3 Å². The molecule has 0 saturated carbocycles. The summed E-state index contributed by atoms with van der Waals surface area (Å²) < 4.78 is 5.41. The van der Waals surface area contributed by atoms with Crippen LogP contribution in [0.4, 0.5) is 11.4 Å². The summed E-state index contributed by atoms with van der Waals surface area (Å²) >= 11 is 0. The van der Waals surface area contributed by atoms with E-state index in [1.165, 1.54) is 4.90 Å². The van der Waals surface area contributed by atoms with E-state index in [1.54, 1.807) is 41.3 Å². The lowest BCUT2D eigenvalue weighted by molar-refractivity contribution is -0.138. The van der Waals surface area contributed by atoms with Crippen LogP contribution < -0.4 is 14.5 Å². The molecule has 1 atom stereocenters. The van der Waals surface area contributed by atoms with Crippen molar-refractivity contribution >= 4 is 29.2 Å². The van der Waals surface area contributed by atoms with E-state index in [0.717, 1.165) is 0 Å². The minimum atomic E-state index is -0.949. The van der Waals surface area contributed by atoms with Gasteiger partial charge < -0.3 is 19.6 Å². The molecular weight excluding hydrogens is 348 g/mol. The minimum absolute atomic E-state index is 0.0567. The van der Waals surface area contributed by atoms with Crippen molar-refractivity contribution in [1.29, 1.82) is 0 Å². The predicted octanol–water partition coefficient (Wildman–Crippen LogP) is 2.02. The molecule has 1 N–H and O–H groups in total. The van der Waals surface area contributed by atoms with Crippen molar-refractivity contribution in [2.24, 2.45) is 0 Å².